The zero-order valence-electron chi connectivity index (χ0n) is 9.87. The van der Waals surface area contributed by atoms with Crippen LogP contribution < -0.4 is 0 Å². The van der Waals surface area contributed by atoms with Crippen LogP contribution in [-0.2, 0) is 0 Å². The van der Waals surface area contributed by atoms with Gasteiger partial charge in [-0.15, -0.1) is 0 Å². The molecule has 1 aromatic rings. The van der Waals surface area contributed by atoms with Gasteiger partial charge in [-0.05, 0) is 12.5 Å². The number of nitro benzene ring substituents is 1. The number of nitro groups is 1. The predicted octanol–water partition coefficient (Wildman–Crippen LogP) is 3.37. The third-order valence-corrected chi connectivity index (χ3v) is 2.49. The zero-order chi connectivity index (χ0) is 12.7. The Kier molecular flexibility index (Phi) is 5.36. The van der Waals surface area contributed by atoms with Crippen LogP contribution in [0.5, 0.6) is 0 Å². The first-order chi connectivity index (χ1) is 8.16. The summed E-state index contributed by atoms with van der Waals surface area (Å²) in [6.07, 6.45) is 5.59. The van der Waals surface area contributed by atoms with Crippen LogP contribution in [0.15, 0.2) is 36.4 Å². The molecular formula is C13H17NO3. The van der Waals surface area contributed by atoms with E-state index >= 15 is 0 Å². The third kappa shape index (κ3) is 4.00. The van der Waals surface area contributed by atoms with Crippen LogP contribution in [0.2, 0.25) is 0 Å². The number of benzene rings is 1. The van der Waals surface area contributed by atoms with Crippen LogP contribution in [0.4, 0.5) is 5.69 Å². The first-order valence-corrected chi connectivity index (χ1v) is 5.75. The van der Waals surface area contributed by atoms with Crippen LogP contribution in [0.3, 0.4) is 0 Å². The van der Waals surface area contributed by atoms with E-state index in [-0.39, 0.29) is 5.69 Å². The molecule has 0 fully saturated rings. The summed E-state index contributed by atoms with van der Waals surface area (Å²) in [7, 11) is 0. The summed E-state index contributed by atoms with van der Waals surface area (Å²) in [6.45, 7) is 2.09. The number of rotatable bonds is 6. The van der Waals surface area contributed by atoms with E-state index in [4.69, 9.17) is 0 Å². The van der Waals surface area contributed by atoms with Crippen LogP contribution in [0.25, 0.3) is 0 Å². The molecule has 0 unspecified atom stereocenters. The minimum Gasteiger partial charge on any atom is -0.384 e. The van der Waals surface area contributed by atoms with Gasteiger partial charge in [0.2, 0.25) is 0 Å². The Balaban J connectivity index is 2.78. The normalized spacial score (nSPS) is 12.8. The molecule has 0 amide bonds. The predicted molar refractivity (Wildman–Crippen MR) is 66.7 cm³/mol. The van der Waals surface area contributed by atoms with E-state index < -0.39 is 11.0 Å². The number of hydrogen-bond acceptors (Lipinski definition) is 3. The molecule has 1 rings (SSSR count). The molecule has 0 aromatic heterocycles. The molecule has 0 aliphatic rings. The van der Waals surface area contributed by atoms with E-state index in [1.807, 2.05) is 6.08 Å². The van der Waals surface area contributed by atoms with Crippen molar-refractivity contribution in [3.63, 3.8) is 0 Å². The van der Waals surface area contributed by atoms with Crippen LogP contribution in [-0.4, -0.2) is 10.0 Å². The highest BCUT2D eigenvalue weighted by molar-refractivity contribution is 5.42. The summed E-state index contributed by atoms with van der Waals surface area (Å²) >= 11 is 0. The molecule has 0 spiro atoms. The van der Waals surface area contributed by atoms with Crippen LogP contribution in [0.1, 0.15) is 37.9 Å². The second-order valence-electron chi connectivity index (χ2n) is 3.83. The Morgan fingerprint density at radius 3 is 2.82 bits per heavy atom. The van der Waals surface area contributed by atoms with Crippen molar-refractivity contribution >= 4 is 5.69 Å². The highest BCUT2D eigenvalue weighted by Gasteiger charge is 2.17. The summed E-state index contributed by atoms with van der Waals surface area (Å²) in [5.41, 5.74) is 0.297. The van der Waals surface area contributed by atoms with Gasteiger partial charge in [0.25, 0.3) is 5.69 Å². The van der Waals surface area contributed by atoms with Crippen LogP contribution in [0, 0.1) is 10.1 Å². The lowest BCUT2D eigenvalue weighted by molar-refractivity contribution is -0.386. The summed E-state index contributed by atoms with van der Waals surface area (Å²) in [4.78, 5) is 10.3. The molecule has 1 atom stereocenters. The smallest absolute Gasteiger partial charge is 0.275 e. The average molecular weight is 235 g/mol. The Labute approximate surface area is 101 Å². The fraction of sp³-hybridized carbons (Fsp3) is 0.385. The second kappa shape index (κ2) is 6.81. The molecule has 0 saturated heterocycles. The second-order valence-corrected chi connectivity index (χ2v) is 3.83. The molecule has 17 heavy (non-hydrogen) atoms. The molecule has 0 aliphatic carbocycles. The lowest BCUT2D eigenvalue weighted by Gasteiger charge is -2.06. The van der Waals surface area contributed by atoms with Gasteiger partial charge in [-0.1, -0.05) is 44.1 Å². The number of aliphatic hydroxyl groups excluding tert-OH is 1. The van der Waals surface area contributed by atoms with Crippen molar-refractivity contribution in [3.05, 3.63) is 52.1 Å². The topological polar surface area (TPSA) is 63.4 Å². The Bertz CT molecular complexity index is 401. The van der Waals surface area contributed by atoms with Gasteiger partial charge in [0.05, 0.1) is 10.5 Å². The molecule has 4 heteroatoms. The highest BCUT2D eigenvalue weighted by Crippen LogP contribution is 2.25. The van der Waals surface area contributed by atoms with Crippen molar-refractivity contribution < 1.29 is 10.0 Å². The molecule has 92 valence electrons. The van der Waals surface area contributed by atoms with E-state index in [2.05, 4.69) is 6.92 Å². The van der Waals surface area contributed by atoms with Crippen molar-refractivity contribution in [3.8, 4) is 0 Å². The molecule has 1 aromatic carbocycles. The minimum absolute atomic E-state index is 0.0415. The van der Waals surface area contributed by atoms with Gasteiger partial charge in [-0.2, -0.15) is 0 Å². The summed E-state index contributed by atoms with van der Waals surface area (Å²) in [6, 6.07) is 6.26. The fourth-order valence-electron chi connectivity index (χ4n) is 1.55. The average Bonchev–Trinajstić information content (AvgIpc) is 2.34. The number of allylic oxidation sites excluding steroid dienone is 1. The highest BCUT2D eigenvalue weighted by atomic mass is 16.6. The number of nitrogens with zero attached hydrogens (tertiary/aromatic N) is 1. The van der Waals surface area contributed by atoms with E-state index in [0.29, 0.717) is 5.56 Å². The van der Waals surface area contributed by atoms with Crippen molar-refractivity contribution in [2.45, 2.75) is 32.3 Å². The van der Waals surface area contributed by atoms with Crippen molar-refractivity contribution in [2.24, 2.45) is 0 Å². The standard InChI is InChI=1S/C13H17NO3/c1-2-3-4-5-10-13(15)11-8-6-7-9-12(11)14(16)17/h5-10,13,15H,2-4H2,1H3/b10-5+/t13-/m1/s1. The first-order valence-electron chi connectivity index (χ1n) is 5.75. The maximum Gasteiger partial charge on any atom is 0.275 e. The molecule has 0 radical (unpaired) electrons. The molecule has 0 bridgehead atoms. The SMILES string of the molecule is CCCC/C=C/[C@@H](O)c1ccccc1[N+](=O)[O-]. The Hall–Kier alpha value is -1.68. The molecule has 4 nitrogen and oxygen atoms in total. The van der Waals surface area contributed by atoms with Crippen molar-refractivity contribution in [1.29, 1.82) is 0 Å². The summed E-state index contributed by atoms with van der Waals surface area (Å²) in [5.74, 6) is 0. The largest absolute Gasteiger partial charge is 0.384 e. The Morgan fingerprint density at radius 2 is 2.18 bits per heavy atom. The van der Waals surface area contributed by atoms with Crippen molar-refractivity contribution in [1.82, 2.24) is 0 Å². The molecule has 0 heterocycles. The van der Waals surface area contributed by atoms with Crippen molar-refractivity contribution in [2.75, 3.05) is 0 Å². The molecule has 0 saturated carbocycles. The Morgan fingerprint density at radius 1 is 1.47 bits per heavy atom. The fourth-order valence-corrected chi connectivity index (χ4v) is 1.55. The first kappa shape index (κ1) is 13.4. The van der Waals surface area contributed by atoms with Gasteiger partial charge in [-0.3, -0.25) is 10.1 Å². The van der Waals surface area contributed by atoms with Gasteiger partial charge in [-0.25, -0.2) is 0 Å². The lowest BCUT2D eigenvalue weighted by atomic mass is 10.1. The number of unbranched alkanes of at least 4 members (excludes halogenated alkanes) is 2. The van der Waals surface area contributed by atoms with E-state index in [1.165, 1.54) is 6.07 Å². The van der Waals surface area contributed by atoms with E-state index in [1.54, 1.807) is 24.3 Å². The lowest BCUT2D eigenvalue weighted by Crippen LogP contribution is -1.99. The third-order valence-electron chi connectivity index (χ3n) is 2.49. The minimum atomic E-state index is -0.909. The summed E-state index contributed by atoms with van der Waals surface area (Å²) < 4.78 is 0. The van der Waals surface area contributed by atoms with E-state index in [0.717, 1.165) is 19.3 Å². The van der Waals surface area contributed by atoms with Gasteiger partial charge in [0.15, 0.2) is 0 Å². The van der Waals surface area contributed by atoms with Gasteiger partial charge >= 0.3 is 0 Å². The zero-order valence-corrected chi connectivity index (χ0v) is 9.87. The molecular weight excluding hydrogens is 218 g/mol. The number of para-hydroxylation sites is 1. The number of hydrogen-bond donors (Lipinski definition) is 1. The molecule has 0 aliphatic heterocycles. The number of aliphatic hydroxyl groups is 1. The van der Waals surface area contributed by atoms with Gasteiger partial charge in [0.1, 0.15) is 6.10 Å². The molecule has 1 N–H and O–H groups in total. The monoisotopic (exact) mass is 235 g/mol. The quantitative estimate of drug-likeness (QED) is 0.356. The maximum absolute atomic E-state index is 10.8. The summed E-state index contributed by atoms with van der Waals surface area (Å²) in [5, 5.41) is 20.6. The van der Waals surface area contributed by atoms with Crippen LogP contribution >= 0.6 is 0 Å². The maximum atomic E-state index is 10.8. The van der Waals surface area contributed by atoms with Gasteiger partial charge < -0.3 is 5.11 Å². The van der Waals surface area contributed by atoms with E-state index in [9.17, 15) is 15.2 Å². The van der Waals surface area contributed by atoms with Gasteiger partial charge in [0, 0.05) is 6.07 Å².